The summed E-state index contributed by atoms with van der Waals surface area (Å²) in [5, 5.41) is 16.9. The first-order chi connectivity index (χ1) is 14.4. The molecule has 158 valence electrons. The molecule has 0 atom stereocenters. The van der Waals surface area contributed by atoms with Gasteiger partial charge in [0.25, 0.3) is 11.6 Å². The van der Waals surface area contributed by atoms with Gasteiger partial charge in [0.2, 0.25) is 5.91 Å². The van der Waals surface area contributed by atoms with Crippen molar-refractivity contribution in [1.29, 1.82) is 0 Å². The van der Waals surface area contributed by atoms with Crippen LogP contribution in [0.2, 0.25) is 5.02 Å². The second-order valence-electron chi connectivity index (χ2n) is 7.17. The SMILES string of the molecule is O=C(CNC(=O)c1cccc([N+](=O)[O-])c1)NCC1(c2cccc(Cl)c2)CCOCC1. The molecule has 2 amide bonds. The summed E-state index contributed by atoms with van der Waals surface area (Å²) in [4.78, 5) is 34.8. The van der Waals surface area contributed by atoms with Gasteiger partial charge in [-0.25, -0.2) is 0 Å². The Morgan fingerprint density at radius 1 is 1.10 bits per heavy atom. The van der Waals surface area contributed by atoms with E-state index in [0.29, 0.717) is 24.8 Å². The largest absolute Gasteiger partial charge is 0.381 e. The van der Waals surface area contributed by atoms with Crippen LogP contribution in [0, 0.1) is 10.1 Å². The average Bonchev–Trinajstić information content (AvgIpc) is 2.76. The molecule has 9 heteroatoms. The topological polar surface area (TPSA) is 111 Å². The standard InChI is InChI=1S/C21H22ClN3O5/c22-17-5-2-4-16(12-17)21(7-9-30-10-8-21)14-24-19(26)13-23-20(27)15-3-1-6-18(11-15)25(28)29/h1-6,11-12H,7-10,13-14H2,(H,23,27)(H,24,26). The Hall–Kier alpha value is -2.97. The number of nitro groups is 1. The van der Waals surface area contributed by atoms with Crippen LogP contribution in [0.15, 0.2) is 48.5 Å². The zero-order chi connectivity index (χ0) is 21.6. The number of nitrogens with zero attached hydrogens (tertiary/aromatic N) is 1. The number of ether oxygens (including phenoxy) is 1. The molecule has 2 aromatic carbocycles. The van der Waals surface area contributed by atoms with E-state index < -0.39 is 10.8 Å². The lowest BCUT2D eigenvalue weighted by molar-refractivity contribution is -0.384. The third-order valence-corrected chi connectivity index (χ3v) is 5.47. The van der Waals surface area contributed by atoms with Crippen molar-refractivity contribution in [3.63, 3.8) is 0 Å². The zero-order valence-electron chi connectivity index (χ0n) is 16.2. The third-order valence-electron chi connectivity index (χ3n) is 5.24. The molecule has 0 unspecified atom stereocenters. The van der Waals surface area contributed by atoms with Gasteiger partial charge in [0, 0.05) is 47.9 Å². The third kappa shape index (κ3) is 5.34. The molecule has 0 saturated carbocycles. The van der Waals surface area contributed by atoms with Crippen LogP contribution in [0.4, 0.5) is 5.69 Å². The van der Waals surface area contributed by atoms with Gasteiger partial charge in [0.15, 0.2) is 0 Å². The van der Waals surface area contributed by atoms with E-state index in [9.17, 15) is 19.7 Å². The Labute approximate surface area is 178 Å². The van der Waals surface area contributed by atoms with Gasteiger partial charge >= 0.3 is 0 Å². The van der Waals surface area contributed by atoms with Gasteiger partial charge in [0.05, 0.1) is 11.5 Å². The summed E-state index contributed by atoms with van der Waals surface area (Å²) in [5.74, 6) is -0.897. The normalized spacial score (nSPS) is 15.2. The fraction of sp³-hybridized carbons (Fsp3) is 0.333. The number of hydrogen-bond donors (Lipinski definition) is 2. The van der Waals surface area contributed by atoms with E-state index in [2.05, 4.69) is 10.6 Å². The van der Waals surface area contributed by atoms with Crippen LogP contribution in [-0.2, 0) is 14.9 Å². The Kier molecular flexibility index (Phi) is 7.02. The molecule has 1 saturated heterocycles. The molecule has 30 heavy (non-hydrogen) atoms. The summed E-state index contributed by atoms with van der Waals surface area (Å²) in [7, 11) is 0. The van der Waals surface area contributed by atoms with Crippen LogP contribution < -0.4 is 10.6 Å². The van der Waals surface area contributed by atoms with E-state index in [1.807, 2.05) is 18.2 Å². The van der Waals surface area contributed by atoms with Gasteiger partial charge in [0.1, 0.15) is 0 Å². The lowest BCUT2D eigenvalue weighted by Crippen LogP contribution is -2.47. The number of benzene rings is 2. The maximum absolute atomic E-state index is 12.3. The van der Waals surface area contributed by atoms with E-state index in [0.717, 1.165) is 18.4 Å². The lowest BCUT2D eigenvalue weighted by Gasteiger charge is -2.38. The maximum atomic E-state index is 12.3. The Morgan fingerprint density at radius 3 is 2.53 bits per heavy atom. The van der Waals surface area contributed by atoms with Gasteiger partial charge in [-0.1, -0.05) is 29.8 Å². The zero-order valence-corrected chi connectivity index (χ0v) is 17.0. The van der Waals surface area contributed by atoms with E-state index >= 15 is 0 Å². The first-order valence-corrected chi connectivity index (χ1v) is 9.91. The van der Waals surface area contributed by atoms with Crippen molar-refractivity contribution in [2.24, 2.45) is 0 Å². The summed E-state index contributed by atoms with van der Waals surface area (Å²) in [6.07, 6.45) is 1.49. The average molecular weight is 432 g/mol. The van der Waals surface area contributed by atoms with Gasteiger partial charge in [-0.15, -0.1) is 0 Å². The van der Waals surface area contributed by atoms with Crippen molar-refractivity contribution < 1.29 is 19.2 Å². The first-order valence-electron chi connectivity index (χ1n) is 9.53. The van der Waals surface area contributed by atoms with Crippen molar-refractivity contribution in [2.45, 2.75) is 18.3 Å². The highest BCUT2D eigenvalue weighted by molar-refractivity contribution is 6.30. The highest BCUT2D eigenvalue weighted by Gasteiger charge is 2.35. The Morgan fingerprint density at radius 2 is 1.83 bits per heavy atom. The molecule has 0 aromatic heterocycles. The summed E-state index contributed by atoms with van der Waals surface area (Å²) in [5.41, 5.74) is 0.689. The predicted molar refractivity (Wildman–Crippen MR) is 112 cm³/mol. The summed E-state index contributed by atoms with van der Waals surface area (Å²) < 4.78 is 5.49. The molecule has 1 aliphatic rings. The molecule has 0 spiro atoms. The second kappa shape index (κ2) is 9.69. The van der Waals surface area contributed by atoms with Crippen molar-refractivity contribution in [1.82, 2.24) is 10.6 Å². The molecule has 0 aliphatic carbocycles. The van der Waals surface area contributed by atoms with Gasteiger partial charge in [-0.05, 0) is 36.6 Å². The molecule has 8 nitrogen and oxygen atoms in total. The number of nitro benzene ring substituents is 1. The van der Waals surface area contributed by atoms with E-state index in [-0.39, 0.29) is 29.1 Å². The number of rotatable bonds is 7. The molecule has 1 fully saturated rings. The minimum atomic E-state index is -0.577. The second-order valence-corrected chi connectivity index (χ2v) is 7.61. The number of hydrogen-bond acceptors (Lipinski definition) is 5. The number of non-ortho nitro benzene ring substituents is 1. The lowest BCUT2D eigenvalue weighted by atomic mass is 9.74. The molecule has 3 rings (SSSR count). The fourth-order valence-electron chi connectivity index (χ4n) is 3.50. The quantitative estimate of drug-likeness (QED) is 0.517. The van der Waals surface area contributed by atoms with Crippen LogP contribution in [-0.4, -0.2) is 43.0 Å². The molecular weight excluding hydrogens is 410 g/mol. The smallest absolute Gasteiger partial charge is 0.270 e. The maximum Gasteiger partial charge on any atom is 0.270 e. The minimum Gasteiger partial charge on any atom is -0.381 e. The molecular formula is C21H22ClN3O5. The fourth-order valence-corrected chi connectivity index (χ4v) is 3.69. The van der Waals surface area contributed by atoms with Crippen LogP contribution in [0.1, 0.15) is 28.8 Å². The van der Waals surface area contributed by atoms with E-state index in [1.54, 1.807) is 6.07 Å². The van der Waals surface area contributed by atoms with Crippen molar-refractivity contribution in [2.75, 3.05) is 26.3 Å². The minimum absolute atomic E-state index is 0.122. The summed E-state index contributed by atoms with van der Waals surface area (Å²) >= 11 is 6.15. The van der Waals surface area contributed by atoms with Crippen LogP contribution in [0.3, 0.4) is 0 Å². The van der Waals surface area contributed by atoms with E-state index in [4.69, 9.17) is 16.3 Å². The van der Waals surface area contributed by atoms with Crippen molar-refractivity contribution in [3.8, 4) is 0 Å². The van der Waals surface area contributed by atoms with E-state index in [1.165, 1.54) is 24.3 Å². The molecule has 2 N–H and O–H groups in total. The molecule has 1 heterocycles. The van der Waals surface area contributed by atoms with Crippen LogP contribution in [0.5, 0.6) is 0 Å². The monoisotopic (exact) mass is 431 g/mol. The van der Waals surface area contributed by atoms with Gasteiger partial charge in [-0.3, -0.25) is 19.7 Å². The number of nitrogens with one attached hydrogen (secondary N) is 2. The van der Waals surface area contributed by atoms with Gasteiger partial charge < -0.3 is 15.4 Å². The summed E-state index contributed by atoms with van der Waals surface area (Å²) in [6.45, 7) is 1.34. The number of halogens is 1. The Bertz CT molecular complexity index is 944. The van der Waals surface area contributed by atoms with Crippen molar-refractivity contribution in [3.05, 3.63) is 74.8 Å². The van der Waals surface area contributed by atoms with Gasteiger partial charge in [-0.2, -0.15) is 0 Å². The van der Waals surface area contributed by atoms with Crippen LogP contribution >= 0.6 is 11.6 Å². The number of carbonyl (C=O) groups excluding carboxylic acids is 2. The molecule has 1 aliphatic heterocycles. The highest BCUT2D eigenvalue weighted by atomic mass is 35.5. The van der Waals surface area contributed by atoms with Crippen molar-refractivity contribution >= 4 is 29.1 Å². The molecule has 0 radical (unpaired) electrons. The first kappa shape index (κ1) is 21.7. The molecule has 2 aromatic rings. The molecule has 0 bridgehead atoms. The predicted octanol–water partition coefficient (Wildman–Crippen LogP) is 2.84. The highest BCUT2D eigenvalue weighted by Crippen LogP contribution is 2.35. The van der Waals surface area contributed by atoms with Crippen LogP contribution in [0.25, 0.3) is 0 Å². The number of carbonyl (C=O) groups is 2. The summed E-state index contributed by atoms with van der Waals surface area (Å²) in [6, 6.07) is 12.9. The Balaban J connectivity index is 1.59. The number of amides is 2.